The van der Waals surface area contributed by atoms with Gasteiger partial charge in [-0.2, -0.15) is 11.3 Å². The van der Waals surface area contributed by atoms with Gasteiger partial charge in [0.2, 0.25) is 5.91 Å². The highest BCUT2D eigenvalue weighted by atomic mass is 35.5. The SMILES string of the molecule is COCCN(CC(=O)N(C)C(CN1CCCC1)c1ccc(-c2ccsc2)cc1)c1ccc(Cl)c(Cl)c1. The van der Waals surface area contributed by atoms with E-state index in [1.54, 1.807) is 30.6 Å². The molecule has 4 rings (SSSR count). The van der Waals surface area contributed by atoms with Crippen molar-refractivity contribution in [2.75, 3.05) is 58.4 Å². The molecule has 0 spiro atoms. The zero-order chi connectivity index (χ0) is 25.5. The zero-order valence-electron chi connectivity index (χ0n) is 20.8. The van der Waals surface area contributed by atoms with Gasteiger partial charge in [-0.25, -0.2) is 0 Å². The molecule has 3 aromatic rings. The molecule has 5 nitrogen and oxygen atoms in total. The average molecular weight is 547 g/mol. The summed E-state index contributed by atoms with van der Waals surface area (Å²) < 4.78 is 5.31. The molecule has 0 N–H and O–H groups in total. The van der Waals surface area contributed by atoms with E-state index in [-0.39, 0.29) is 18.5 Å². The van der Waals surface area contributed by atoms with Crippen LogP contribution in [0.25, 0.3) is 11.1 Å². The topological polar surface area (TPSA) is 36.0 Å². The fraction of sp³-hybridized carbons (Fsp3) is 0.393. The highest BCUT2D eigenvalue weighted by Gasteiger charge is 2.27. The number of ether oxygens (including phenoxy) is 1. The first-order valence-corrected chi connectivity index (χ1v) is 14.0. The summed E-state index contributed by atoms with van der Waals surface area (Å²) in [6.07, 6.45) is 2.42. The minimum Gasteiger partial charge on any atom is -0.383 e. The molecule has 2 heterocycles. The van der Waals surface area contributed by atoms with E-state index in [0.717, 1.165) is 30.9 Å². The molecule has 1 aliphatic heterocycles. The van der Waals surface area contributed by atoms with Crippen molar-refractivity contribution >= 4 is 46.1 Å². The van der Waals surface area contributed by atoms with Crippen LogP contribution in [-0.4, -0.2) is 69.2 Å². The van der Waals surface area contributed by atoms with Gasteiger partial charge in [-0.15, -0.1) is 0 Å². The monoisotopic (exact) mass is 545 g/mol. The number of carbonyl (C=O) groups is 1. The van der Waals surface area contributed by atoms with Crippen LogP contribution in [0.4, 0.5) is 5.69 Å². The lowest BCUT2D eigenvalue weighted by atomic mass is 10.0. The van der Waals surface area contributed by atoms with Gasteiger partial charge in [0.05, 0.1) is 29.2 Å². The molecule has 36 heavy (non-hydrogen) atoms. The maximum absolute atomic E-state index is 13.7. The Labute approximate surface area is 228 Å². The van der Waals surface area contributed by atoms with Crippen molar-refractivity contribution in [1.29, 1.82) is 0 Å². The first-order valence-electron chi connectivity index (χ1n) is 12.3. The Bertz CT molecular complexity index is 1120. The number of likely N-dealkylation sites (N-methyl/N-ethyl adjacent to an activating group) is 1. The van der Waals surface area contributed by atoms with Gasteiger partial charge in [0.15, 0.2) is 0 Å². The van der Waals surface area contributed by atoms with Crippen LogP contribution in [0.3, 0.4) is 0 Å². The van der Waals surface area contributed by atoms with Gasteiger partial charge in [0.1, 0.15) is 0 Å². The van der Waals surface area contributed by atoms with Gasteiger partial charge in [0, 0.05) is 32.9 Å². The lowest BCUT2D eigenvalue weighted by Crippen LogP contribution is -2.44. The van der Waals surface area contributed by atoms with Crippen molar-refractivity contribution in [3.05, 3.63) is 74.9 Å². The van der Waals surface area contributed by atoms with Crippen molar-refractivity contribution in [2.24, 2.45) is 0 Å². The summed E-state index contributed by atoms with van der Waals surface area (Å²) in [5.41, 5.74) is 4.41. The predicted molar refractivity (Wildman–Crippen MR) is 151 cm³/mol. The van der Waals surface area contributed by atoms with Crippen molar-refractivity contribution in [3.63, 3.8) is 0 Å². The van der Waals surface area contributed by atoms with E-state index in [9.17, 15) is 4.79 Å². The zero-order valence-corrected chi connectivity index (χ0v) is 23.2. The van der Waals surface area contributed by atoms with Gasteiger partial charge < -0.3 is 19.4 Å². The third-order valence-corrected chi connectivity index (χ3v) is 8.22. The number of benzene rings is 2. The Morgan fingerprint density at radius 2 is 1.81 bits per heavy atom. The highest BCUT2D eigenvalue weighted by Crippen LogP contribution is 2.29. The Morgan fingerprint density at radius 3 is 2.44 bits per heavy atom. The van der Waals surface area contributed by atoms with Gasteiger partial charge in [-0.05, 0) is 77.6 Å². The maximum Gasteiger partial charge on any atom is 0.242 e. The lowest BCUT2D eigenvalue weighted by Gasteiger charge is -2.34. The fourth-order valence-electron chi connectivity index (χ4n) is 4.62. The number of rotatable bonds is 11. The molecule has 1 aromatic heterocycles. The number of anilines is 1. The molecule has 0 radical (unpaired) electrons. The van der Waals surface area contributed by atoms with Crippen LogP contribution in [0, 0.1) is 0 Å². The van der Waals surface area contributed by atoms with E-state index in [4.69, 9.17) is 27.9 Å². The van der Waals surface area contributed by atoms with Crippen molar-refractivity contribution < 1.29 is 9.53 Å². The molecule has 1 saturated heterocycles. The van der Waals surface area contributed by atoms with Gasteiger partial charge in [0.25, 0.3) is 0 Å². The number of likely N-dealkylation sites (tertiary alicyclic amines) is 1. The Hall–Kier alpha value is -2.09. The number of amides is 1. The molecule has 8 heteroatoms. The minimum absolute atomic E-state index is 0.0368. The summed E-state index contributed by atoms with van der Waals surface area (Å²) in [6.45, 7) is 4.27. The Kier molecular flexibility index (Phi) is 9.68. The van der Waals surface area contributed by atoms with Crippen molar-refractivity contribution in [2.45, 2.75) is 18.9 Å². The molecule has 1 aliphatic rings. The first-order chi connectivity index (χ1) is 17.5. The molecular formula is C28H33Cl2N3O2S. The van der Waals surface area contributed by atoms with Crippen LogP contribution in [0.5, 0.6) is 0 Å². The van der Waals surface area contributed by atoms with E-state index in [1.807, 2.05) is 22.9 Å². The quantitative estimate of drug-likeness (QED) is 0.276. The molecule has 0 bridgehead atoms. The largest absolute Gasteiger partial charge is 0.383 e. The second kappa shape index (κ2) is 12.9. The van der Waals surface area contributed by atoms with Crippen LogP contribution in [-0.2, 0) is 9.53 Å². The summed E-state index contributed by atoms with van der Waals surface area (Å²) in [5, 5.41) is 5.21. The molecule has 0 aliphatic carbocycles. The van der Waals surface area contributed by atoms with Crippen LogP contribution in [0.1, 0.15) is 24.4 Å². The van der Waals surface area contributed by atoms with Crippen LogP contribution in [0.15, 0.2) is 59.3 Å². The summed E-state index contributed by atoms with van der Waals surface area (Å²) in [6, 6.07) is 16.2. The van der Waals surface area contributed by atoms with E-state index in [1.165, 1.54) is 24.0 Å². The van der Waals surface area contributed by atoms with Crippen LogP contribution in [0.2, 0.25) is 10.0 Å². The summed E-state index contributed by atoms with van der Waals surface area (Å²) >= 11 is 14.1. The normalized spacial score (nSPS) is 14.7. The van der Waals surface area contributed by atoms with Gasteiger partial charge in [-0.3, -0.25) is 4.79 Å². The fourth-order valence-corrected chi connectivity index (χ4v) is 5.58. The second-order valence-electron chi connectivity index (χ2n) is 9.17. The number of carbonyl (C=O) groups excluding carboxylic acids is 1. The summed E-state index contributed by atoms with van der Waals surface area (Å²) in [5.74, 6) is 0.0447. The summed E-state index contributed by atoms with van der Waals surface area (Å²) in [4.78, 5) is 20.0. The minimum atomic E-state index is -0.0368. The van der Waals surface area contributed by atoms with E-state index < -0.39 is 0 Å². The van der Waals surface area contributed by atoms with Crippen LogP contribution >= 0.6 is 34.5 Å². The number of thiophene rings is 1. The third-order valence-electron chi connectivity index (χ3n) is 6.80. The van der Waals surface area contributed by atoms with E-state index >= 15 is 0 Å². The second-order valence-corrected chi connectivity index (χ2v) is 10.8. The van der Waals surface area contributed by atoms with Crippen LogP contribution < -0.4 is 4.90 Å². The Morgan fingerprint density at radius 1 is 1.06 bits per heavy atom. The maximum atomic E-state index is 13.7. The molecule has 192 valence electrons. The average Bonchev–Trinajstić information content (AvgIpc) is 3.61. The molecule has 1 fully saturated rings. The number of hydrogen-bond acceptors (Lipinski definition) is 5. The predicted octanol–water partition coefficient (Wildman–Crippen LogP) is 6.47. The molecule has 2 aromatic carbocycles. The molecule has 1 amide bonds. The number of hydrogen-bond donors (Lipinski definition) is 0. The van der Waals surface area contributed by atoms with Gasteiger partial charge >= 0.3 is 0 Å². The highest BCUT2D eigenvalue weighted by molar-refractivity contribution is 7.08. The number of methoxy groups -OCH3 is 1. The third kappa shape index (κ3) is 6.81. The molecular weight excluding hydrogens is 513 g/mol. The lowest BCUT2D eigenvalue weighted by molar-refractivity contribution is -0.131. The van der Waals surface area contributed by atoms with Crippen molar-refractivity contribution in [1.82, 2.24) is 9.80 Å². The van der Waals surface area contributed by atoms with E-state index in [0.29, 0.717) is 23.2 Å². The molecule has 1 unspecified atom stereocenters. The Balaban J connectivity index is 1.54. The van der Waals surface area contributed by atoms with E-state index in [2.05, 4.69) is 46.0 Å². The smallest absolute Gasteiger partial charge is 0.242 e. The summed E-state index contributed by atoms with van der Waals surface area (Å²) in [7, 11) is 3.58. The number of nitrogens with zero attached hydrogens (tertiary/aromatic N) is 3. The number of halogens is 2. The van der Waals surface area contributed by atoms with Gasteiger partial charge in [-0.1, -0.05) is 47.5 Å². The molecule has 0 saturated carbocycles. The molecule has 1 atom stereocenters. The standard InChI is InChI=1S/C28H33Cl2N3O2S/c1-31(28(34)19-33(14-15-35-2)24-9-10-25(29)26(30)17-24)27(18-32-12-3-4-13-32)22-7-5-21(6-8-22)23-11-16-36-20-23/h5-11,16-17,20,27H,3-4,12-15,18-19H2,1-2H3. The first kappa shape index (κ1) is 27.0. The van der Waals surface area contributed by atoms with Crippen molar-refractivity contribution in [3.8, 4) is 11.1 Å².